The number of benzene rings is 1. The Kier molecular flexibility index (Phi) is 5.14. The van der Waals surface area contributed by atoms with Crippen molar-refractivity contribution in [1.29, 1.82) is 0 Å². The van der Waals surface area contributed by atoms with E-state index in [1.54, 1.807) is 4.90 Å². The van der Waals surface area contributed by atoms with E-state index in [9.17, 15) is 9.59 Å². The number of pyridine rings is 1. The monoisotopic (exact) mass is 380 g/mol. The summed E-state index contributed by atoms with van der Waals surface area (Å²) in [6.45, 7) is 4.24. The van der Waals surface area contributed by atoms with Gasteiger partial charge in [0.05, 0.1) is 13.1 Å². The Bertz CT molecular complexity index is 840. The molecule has 3 heterocycles. The number of amides is 2. The molecule has 1 aromatic heterocycles. The van der Waals surface area contributed by atoms with Crippen LogP contribution in [-0.4, -0.2) is 49.3 Å². The Morgan fingerprint density at radius 1 is 1.14 bits per heavy atom. The van der Waals surface area contributed by atoms with Crippen LogP contribution in [0.3, 0.4) is 0 Å². The van der Waals surface area contributed by atoms with Crippen LogP contribution in [0.4, 0.5) is 16.2 Å². The van der Waals surface area contributed by atoms with E-state index in [0.29, 0.717) is 19.0 Å². The van der Waals surface area contributed by atoms with Crippen molar-refractivity contribution < 1.29 is 14.3 Å². The lowest BCUT2D eigenvalue weighted by Crippen LogP contribution is -2.33. The maximum atomic E-state index is 12.2. The summed E-state index contributed by atoms with van der Waals surface area (Å²) in [5.41, 5.74) is 3.31. The average Bonchev–Trinajstić information content (AvgIpc) is 3.34. The molecule has 2 fully saturated rings. The van der Waals surface area contributed by atoms with Crippen LogP contribution in [0.25, 0.3) is 0 Å². The van der Waals surface area contributed by atoms with Crippen LogP contribution in [0.5, 0.6) is 0 Å². The highest BCUT2D eigenvalue weighted by Crippen LogP contribution is 2.32. The van der Waals surface area contributed by atoms with Crippen molar-refractivity contribution in [3.63, 3.8) is 0 Å². The highest BCUT2D eigenvalue weighted by Gasteiger charge is 2.32. The number of cyclic esters (lactones) is 1. The topological polar surface area (TPSA) is 74.8 Å². The summed E-state index contributed by atoms with van der Waals surface area (Å²) in [5, 5.41) is 2.69. The minimum Gasteiger partial charge on any atom is -0.442 e. The molecule has 1 unspecified atom stereocenters. The van der Waals surface area contributed by atoms with Crippen LogP contribution in [0, 0.1) is 0 Å². The largest absolute Gasteiger partial charge is 0.442 e. The maximum absolute atomic E-state index is 12.2. The molecule has 2 aromatic rings. The van der Waals surface area contributed by atoms with E-state index >= 15 is 0 Å². The Hall–Kier alpha value is -3.09. The standard InChI is InChI=1S/C21H24N4O3/c1-15(26)23-12-20-14-25(21(27)28-20)19-4-2-16(3-5-19)17-8-11-24(13-17)18-6-9-22-10-7-18/h2-7,9-10,17,20H,8,11-14H2,1H3,(H,23,26)/t17?,20-/m0/s1. The summed E-state index contributed by atoms with van der Waals surface area (Å²) in [5.74, 6) is 0.344. The van der Waals surface area contributed by atoms with Crippen LogP contribution < -0.4 is 15.1 Å². The van der Waals surface area contributed by atoms with Gasteiger partial charge in [-0.15, -0.1) is 0 Å². The van der Waals surface area contributed by atoms with Crippen molar-refractivity contribution in [2.75, 3.05) is 36.0 Å². The van der Waals surface area contributed by atoms with E-state index in [4.69, 9.17) is 4.74 Å². The number of carbonyl (C=O) groups excluding carboxylic acids is 2. The number of rotatable bonds is 5. The molecule has 7 heteroatoms. The molecule has 146 valence electrons. The second-order valence-corrected chi connectivity index (χ2v) is 7.28. The zero-order chi connectivity index (χ0) is 19.5. The van der Waals surface area contributed by atoms with Gasteiger partial charge in [-0.05, 0) is 36.2 Å². The van der Waals surface area contributed by atoms with Crippen LogP contribution >= 0.6 is 0 Å². The Balaban J connectivity index is 1.38. The molecule has 2 amide bonds. The highest BCUT2D eigenvalue weighted by molar-refractivity contribution is 5.89. The van der Waals surface area contributed by atoms with E-state index in [-0.39, 0.29) is 18.1 Å². The smallest absolute Gasteiger partial charge is 0.414 e. The summed E-state index contributed by atoms with van der Waals surface area (Å²) in [6, 6.07) is 12.2. The molecule has 0 spiro atoms. The number of carbonyl (C=O) groups is 2. The predicted molar refractivity (Wildman–Crippen MR) is 107 cm³/mol. The fraction of sp³-hybridized carbons (Fsp3) is 0.381. The van der Waals surface area contributed by atoms with E-state index in [1.807, 2.05) is 36.7 Å². The number of hydrogen-bond acceptors (Lipinski definition) is 5. The number of anilines is 2. The van der Waals surface area contributed by atoms with Crippen molar-refractivity contribution in [2.24, 2.45) is 0 Å². The lowest BCUT2D eigenvalue weighted by molar-refractivity contribution is -0.119. The molecule has 2 atom stereocenters. The zero-order valence-corrected chi connectivity index (χ0v) is 15.9. The number of nitrogens with one attached hydrogen (secondary N) is 1. The average molecular weight is 380 g/mol. The molecule has 1 N–H and O–H groups in total. The van der Waals surface area contributed by atoms with Gasteiger partial charge in [-0.1, -0.05) is 12.1 Å². The Morgan fingerprint density at radius 3 is 2.61 bits per heavy atom. The number of ether oxygens (including phenoxy) is 1. The van der Waals surface area contributed by atoms with Crippen LogP contribution in [0.1, 0.15) is 24.8 Å². The molecular weight excluding hydrogens is 356 g/mol. The van der Waals surface area contributed by atoms with E-state index < -0.39 is 0 Å². The number of nitrogens with zero attached hydrogens (tertiary/aromatic N) is 3. The molecule has 0 saturated carbocycles. The molecule has 28 heavy (non-hydrogen) atoms. The van der Waals surface area contributed by atoms with Crippen molar-refractivity contribution in [3.8, 4) is 0 Å². The molecule has 7 nitrogen and oxygen atoms in total. The van der Waals surface area contributed by atoms with Gasteiger partial charge in [-0.2, -0.15) is 0 Å². The molecule has 1 aromatic carbocycles. The van der Waals surface area contributed by atoms with Gasteiger partial charge in [-0.25, -0.2) is 4.79 Å². The van der Waals surface area contributed by atoms with Crippen molar-refractivity contribution in [2.45, 2.75) is 25.4 Å². The second kappa shape index (κ2) is 7.88. The Morgan fingerprint density at radius 2 is 1.89 bits per heavy atom. The first-order valence-electron chi connectivity index (χ1n) is 9.57. The van der Waals surface area contributed by atoms with Gasteiger partial charge in [0.15, 0.2) is 0 Å². The third-order valence-corrected chi connectivity index (χ3v) is 5.35. The van der Waals surface area contributed by atoms with Crippen molar-refractivity contribution in [1.82, 2.24) is 10.3 Å². The number of aromatic nitrogens is 1. The van der Waals surface area contributed by atoms with Gasteiger partial charge >= 0.3 is 6.09 Å². The normalized spacial score (nSPS) is 21.7. The van der Waals surface area contributed by atoms with Gasteiger partial charge in [0, 0.05) is 49.7 Å². The van der Waals surface area contributed by atoms with Gasteiger partial charge < -0.3 is 15.0 Å². The summed E-state index contributed by atoms with van der Waals surface area (Å²) >= 11 is 0. The third-order valence-electron chi connectivity index (χ3n) is 5.35. The SMILES string of the molecule is CC(=O)NC[C@H]1CN(c2ccc(C3CCN(c4ccncc4)C3)cc2)C(=O)O1. The summed E-state index contributed by atoms with van der Waals surface area (Å²) in [7, 11) is 0. The Labute approximate surface area is 164 Å². The van der Waals surface area contributed by atoms with Crippen LogP contribution in [0.2, 0.25) is 0 Å². The highest BCUT2D eigenvalue weighted by atomic mass is 16.6. The molecule has 2 aliphatic rings. The lowest BCUT2D eigenvalue weighted by Gasteiger charge is -2.19. The summed E-state index contributed by atoms with van der Waals surface area (Å²) in [4.78, 5) is 31.3. The first kappa shape index (κ1) is 18.3. The molecule has 2 saturated heterocycles. The third kappa shape index (κ3) is 3.93. The van der Waals surface area contributed by atoms with Gasteiger partial charge in [0.25, 0.3) is 0 Å². The van der Waals surface area contributed by atoms with Gasteiger partial charge in [0.1, 0.15) is 6.10 Å². The van der Waals surface area contributed by atoms with E-state index in [2.05, 4.69) is 27.3 Å². The minimum absolute atomic E-state index is 0.128. The summed E-state index contributed by atoms with van der Waals surface area (Å²) in [6.07, 6.45) is 4.07. The summed E-state index contributed by atoms with van der Waals surface area (Å²) < 4.78 is 5.33. The number of hydrogen-bond donors (Lipinski definition) is 1. The lowest BCUT2D eigenvalue weighted by atomic mass is 9.98. The van der Waals surface area contributed by atoms with Crippen LogP contribution in [-0.2, 0) is 9.53 Å². The fourth-order valence-electron chi connectivity index (χ4n) is 3.84. The second-order valence-electron chi connectivity index (χ2n) is 7.28. The fourth-order valence-corrected chi connectivity index (χ4v) is 3.84. The van der Waals surface area contributed by atoms with Crippen molar-refractivity contribution >= 4 is 23.4 Å². The first-order valence-corrected chi connectivity index (χ1v) is 9.57. The molecule has 0 radical (unpaired) electrons. The first-order chi connectivity index (χ1) is 13.6. The molecule has 0 aliphatic carbocycles. The van der Waals surface area contributed by atoms with Gasteiger partial charge in [0.2, 0.25) is 5.91 Å². The quantitative estimate of drug-likeness (QED) is 0.863. The molecule has 4 rings (SSSR count). The molecule has 2 aliphatic heterocycles. The van der Waals surface area contributed by atoms with E-state index in [0.717, 1.165) is 25.2 Å². The maximum Gasteiger partial charge on any atom is 0.414 e. The van der Waals surface area contributed by atoms with Crippen molar-refractivity contribution in [3.05, 3.63) is 54.4 Å². The van der Waals surface area contributed by atoms with Gasteiger partial charge in [-0.3, -0.25) is 14.7 Å². The zero-order valence-electron chi connectivity index (χ0n) is 15.9. The minimum atomic E-state index is -0.368. The van der Waals surface area contributed by atoms with E-state index in [1.165, 1.54) is 18.2 Å². The molecular formula is C21H24N4O3. The molecule has 0 bridgehead atoms. The van der Waals surface area contributed by atoms with Crippen LogP contribution in [0.15, 0.2) is 48.8 Å². The predicted octanol–water partition coefficient (Wildman–Crippen LogP) is 2.54.